The van der Waals surface area contributed by atoms with Crippen molar-refractivity contribution < 1.29 is 9.53 Å². The first-order chi connectivity index (χ1) is 11.2. The van der Waals surface area contributed by atoms with Gasteiger partial charge in [-0.3, -0.25) is 4.79 Å². The molecule has 3 aromatic rings. The highest BCUT2D eigenvalue weighted by molar-refractivity contribution is 7.12. The molecular formula is C18H14ClNO2S. The zero-order valence-corrected chi connectivity index (χ0v) is 14.0. The number of nitrogens with zero attached hydrogens (tertiary/aromatic N) is 1. The maximum atomic E-state index is 12.0. The molecule has 0 aliphatic heterocycles. The highest BCUT2D eigenvalue weighted by Crippen LogP contribution is 2.25. The fourth-order valence-corrected chi connectivity index (χ4v) is 3.03. The monoisotopic (exact) mass is 343 g/mol. The van der Waals surface area contributed by atoms with Crippen LogP contribution in [0.1, 0.15) is 22.2 Å². The number of carbonyl (C=O) groups excluding carboxylic acids is 1. The number of ketones is 1. The van der Waals surface area contributed by atoms with Crippen LogP contribution in [-0.4, -0.2) is 17.4 Å². The molecule has 23 heavy (non-hydrogen) atoms. The molecule has 0 amide bonds. The van der Waals surface area contributed by atoms with Gasteiger partial charge in [0.1, 0.15) is 10.9 Å². The first-order valence-corrected chi connectivity index (χ1v) is 8.42. The maximum Gasteiger partial charge on any atom is 0.195 e. The van der Waals surface area contributed by atoms with Crippen LogP contribution in [0, 0.1) is 0 Å². The van der Waals surface area contributed by atoms with E-state index in [0.717, 1.165) is 16.7 Å². The van der Waals surface area contributed by atoms with Crippen molar-refractivity contribution in [2.45, 2.75) is 6.92 Å². The van der Waals surface area contributed by atoms with Crippen molar-refractivity contribution in [3.63, 3.8) is 0 Å². The fraction of sp³-hybridized carbons (Fsp3) is 0.111. The predicted molar refractivity (Wildman–Crippen MR) is 95.6 cm³/mol. The number of aromatic nitrogens is 1. The molecule has 116 valence electrons. The molecule has 0 bridgehead atoms. The molecule has 0 saturated carbocycles. The van der Waals surface area contributed by atoms with E-state index in [1.54, 1.807) is 12.1 Å². The van der Waals surface area contributed by atoms with E-state index < -0.39 is 0 Å². The Morgan fingerprint density at radius 2 is 2.22 bits per heavy atom. The van der Waals surface area contributed by atoms with Crippen LogP contribution in [0.2, 0.25) is 5.15 Å². The van der Waals surface area contributed by atoms with E-state index in [9.17, 15) is 4.79 Å². The minimum Gasteiger partial charge on any atom is -0.494 e. The molecule has 2 aromatic heterocycles. The zero-order valence-electron chi connectivity index (χ0n) is 12.5. The summed E-state index contributed by atoms with van der Waals surface area (Å²) in [5, 5.41) is 3.18. The van der Waals surface area contributed by atoms with E-state index in [1.165, 1.54) is 17.4 Å². The Kier molecular flexibility index (Phi) is 4.74. The van der Waals surface area contributed by atoms with Crippen LogP contribution in [0.5, 0.6) is 5.75 Å². The number of allylic oxidation sites excluding steroid dienone is 1. The lowest BCUT2D eigenvalue weighted by molar-refractivity contribution is 0.105. The number of thiophene rings is 1. The molecule has 0 atom stereocenters. The first-order valence-electron chi connectivity index (χ1n) is 7.16. The van der Waals surface area contributed by atoms with Gasteiger partial charge in [0.05, 0.1) is 17.0 Å². The predicted octanol–water partition coefficient (Wildman–Crippen LogP) is 5.24. The quantitative estimate of drug-likeness (QED) is 0.361. The van der Waals surface area contributed by atoms with E-state index in [4.69, 9.17) is 16.3 Å². The second-order valence-corrected chi connectivity index (χ2v) is 6.14. The highest BCUT2D eigenvalue weighted by atomic mass is 35.5. The molecule has 0 fully saturated rings. The van der Waals surface area contributed by atoms with Crippen LogP contribution in [0.25, 0.3) is 17.0 Å². The lowest BCUT2D eigenvalue weighted by Crippen LogP contribution is -1.92. The van der Waals surface area contributed by atoms with Crippen molar-refractivity contribution in [1.29, 1.82) is 0 Å². The summed E-state index contributed by atoms with van der Waals surface area (Å²) < 4.78 is 5.46. The summed E-state index contributed by atoms with van der Waals surface area (Å²) in [4.78, 5) is 17.1. The number of fused-ring (bicyclic) bond motifs is 1. The highest BCUT2D eigenvalue weighted by Gasteiger charge is 2.06. The van der Waals surface area contributed by atoms with Crippen molar-refractivity contribution in [2.24, 2.45) is 0 Å². The third kappa shape index (κ3) is 3.60. The molecule has 5 heteroatoms. The molecule has 0 spiro atoms. The van der Waals surface area contributed by atoms with Gasteiger partial charge in [-0.1, -0.05) is 17.7 Å². The Bertz CT molecular complexity index is 872. The van der Waals surface area contributed by atoms with Crippen LogP contribution in [0.4, 0.5) is 0 Å². The van der Waals surface area contributed by atoms with Crippen molar-refractivity contribution in [2.75, 3.05) is 6.61 Å². The molecular weight excluding hydrogens is 330 g/mol. The Morgan fingerprint density at radius 3 is 2.96 bits per heavy atom. The van der Waals surface area contributed by atoms with Crippen LogP contribution < -0.4 is 4.74 Å². The third-order valence-corrected chi connectivity index (χ3v) is 4.45. The van der Waals surface area contributed by atoms with E-state index in [1.807, 2.05) is 42.6 Å². The Balaban J connectivity index is 1.91. The van der Waals surface area contributed by atoms with Gasteiger partial charge in [-0.15, -0.1) is 11.3 Å². The van der Waals surface area contributed by atoms with E-state index in [-0.39, 0.29) is 5.78 Å². The van der Waals surface area contributed by atoms with Gasteiger partial charge in [-0.25, -0.2) is 4.98 Å². The topological polar surface area (TPSA) is 39.2 Å². The van der Waals surface area contributed by atoms with Gasteiger partial charge in [0.2, 0.25) is 0 Å². The molecule has 1 aromatic carbocycles. The molecule has 0 N–H and O–H groups in total. The van der Waals surface area contributed by atoms with Crippen molar-refractivity contribution in [1.82, 2.24) is 4.98 Å². The number of carbonyl (C=O) groups is 1. The van der Waals surface area contributed by atoms with Crippen molar-refractivity contribution >= 4 is 45.7 Å². The first kappa shape index (κ1) is 15.7. The second-order valence-electron chi connectivity index (χ2n) is 4.83. The standard InChI is InChI=1S/C18H14ClNO2S/c1-2-22-14-7-5-12-10-13(18(19)20-15(12)11-14)6-8-16(21)17-4-3-9-23-17/h3-11H,2H2,1H3. The smallest absolute Gasteiger partial charge is 0.195 e. The minimum absolute atomic E-state index is 0.0390. The Labute approximate surface area is 143 Å². The Hall–Kier alpha value is -2.17. The average molecular weight is 344 g/mol. The minimum atomic E-state index is -0.0390. The number of ether oxygens (including phenoxy) is 1. The lowest BCUT2D eigenvalue weighted by Gasteiger charge is -2.06. The summed E-state index contributed by atoms with van der Waals surface area (Å²) in [6, 6.07) is 11.3. The largest absolute Gasteiger partial charge is 0.494 e. The van der Waals surface area contributed by atoms with Crippen molar-refractivity contribution in [3.8, 4) is 5.75 Å². The lowest BCUT2D eigenvalue weighted by atomic mass is 10.1. The summed E-state index contributed by atoms with van der Waals surface area (Å²) in [6.45, 7) is 2.54. The summed E-state index contributed by atoms with van der Waals surface area (Å²) in [5.41, 5.74) is 1.48. The normalized spacial score (nSPS) is 11.2. The van der Waals surface area contributed by atoms with Crippen LogP contribution in [0.3, 0.4) is 0 Å². The van der Waals surface area contributed by atoms with Gasteiger partial charge >= 0.3 is 0 Å². The van der Waals surface area contributed by atoms with Crippen LogP contribution >= 0.6 is 22.9 Å². The average Bonchev–Trinajstić information content (AvgIpc) is 3.07. The van der Waals surface area contributed by atoms with E-state index >= 15 is 0 Å². The molecule has 0 unspecified atom stereocenters. The summed E-state index contributed by atoms with van der Waals surface area (Å²) in [7, 11) is 0. The van der Waals surface area contributed by atoms with Gasteiger partial charge in [0, 0.05) is 17.0 Å². The number of halogens is 1. The summed E-state index contributed by atoms with van der Waals surface area (Å²) in [6.07, 6.45) is 3.22. The van der Waals surface area contributed by atoms with Gasteiger partial charge in [-0.2, -0.15) is 0 Å². The second kappa shape index (κ2) is 6.94. The number of hydrogen-bond acceptors (Lipinski definition) is 4. The number of pyridine rings is 1. The van der Waals surface area contributed by atoms with Gasteiger partial charge in [0.25, 0.3) is 0 Å². The number of hydrogen-bond donors (Lipinski definition) is 0. The molecule has 0 aliphatic rings. The molecule has 0 aliphatic carbocycles. The van der Waals surface area contributed by atoms with Gasteiger partial charge < -0.3 is 4.74 Å². The fourth-order valence-electron chi connectivity index (χ4n) is 2.18. The molecule has 3 rings (SSSR count). The Morgan fingerprint density at radius 1 is 1.35 bits per heavy atom. The molecule has 0 saturated heterocycles. The number of rotatable bonds is 5. The van der Waals surface area contributed by atoms with Crippen LogP contribution in [-0.2, 0) is 0 Å². The molecule has 2 heterocycles. The van der Waals surface area contributed by atoms with Gasteiger partial charge in [0.15, 0.2) is 5.78 Å². The number of benzene rings is 1. The molecule has 3 nitrogen and oxygen atoms in total. The summed E-state index contributed by atoms with van der Waals surface area (Å²) >= 11 is 7.64. The third-order valence-electron chi connectivity index (χ3n) is 3.26. The SMILES string of the molecule is CCOc1ccc2cc(C=CC(=O)c3cccs3)c(Cl)nc2c1. The summed E-state index contributed by atoms with van der Waals surface area (Å²) in [5.74, 6) is 0.725. The molecule has 0 radical (unpaired) electrons. The van der Waals surface area contributed by atoms with E-state index in [0.29, 0.717) is 22.2 Å². The maximum absolute atomic E-state index is 12.0. The zero-order chi connectivity index (χ0) is 16.2. The van der Waals surface area contributed by atoms with E-state index in [2.05, 4.69) is 4.98 Å². The van der Waals surface area contributed by atoms with Crippen molar-refractivity contribution in [3.05, 3.63) is 63.4 Å². The van der Waals surface area contributed by atoms with Gasteiger partial charge in [-0.05, 0) is 48.7 Å². The van der Waals surface area contributed by atoms with Crippen LogP contribution in [0.15, 0.2) is 47.9 Å².